The van der Waals surface area contributed by atoms with Gasteiger partial charge in [-0.1, -0.05) is 42.6 Å². The van der Waals surface area contributed by atoms with Gasteiger partial charge in [-0.25, -0.2) is 4.39 Å². The fourth-order valence-electron chi connectivity index (χ4n) is 0.913. The molecule has 0 heterocycles. The summed E-state index contributed by atoms with van der Waals surface area (Å²) in [5, 5.41) is 0. The standard InChI is InChI=1S/C8H16BrF/c1-3-5-7(9)8(10)6-4-2/h7-8H,3-6H2,1-2H3/t7-,8+/m1/s1. The highest BCUT2D eigenvalue weighted by atomic mass is 79.9. The predicted octanol–water partition coefficient (Wildman–Crippen LogP) is 3.69. The molecule has 10 heavy (non-hydrogen) atoms. The monoisotopic (exact) mass is 210 g/mol. The summed E-state index contributed by atoms with van der Waals surface area (Å²) in [6, 6.07) is 0. The average Bonchev–Trinajstić information content (AvgIpc) is 1.89. The maximum absolute atomic E-state index is 12.9. The molecule has 0 amide bonds. The predicted molar refractivity (Wildman–Crippen MR) is 47.4 cm³/mol. The number of rotatable bonds is 5. The Bertz CT molecular complexity index is 65.7. The van der Waals surface area contributed by atoms with Gasteiger partial charge in [0.05, 0.1) is 0 Å². The van der Waals surface area contributed by atoms with Crippen LogP contribution in [0.15, 0.2) is 0 Å². The second-order valence-electron chi connectivity index (χ2n) is 2.61. The third-order valence-electron chi connectivity index (χ3n) is 1.52. The van der Waals surface area contributed by atoms with Gasteiger partial charge in [0.1, 0.15) is 6.17 Å². The summed E-state index contributed by atoms with van der Waals surface area (Å²) in [7, 11) is 0. The summed E-state index contributed by atoms with van der Waals surface area (Å²) >= 11 is 3.33. The quantitative estimate of drug-likeness (QED) is 0.608. The first-order valence-electron chi connectivity index (χ1n) is 4.00. The summed E-state index contributed by atoms with van der Waals surface area (Å²) in [5.74, 6) is 0. The Kier molecular flexibility index (Phi) is 6.39. The molecule has 0 aliphatic heterocycles. The Morgan fingerprint density at radius 2 is 1.70 bits per heavy atom. The Morgan fingerprint density at radius 1 is 1.20 bits per heavy atom. The van der Waals surface area contributed by atoms with E-state index in [9.17, 15) is 4.39 Å². The van der Waals surface area contributed by atoms with E-state index in [0.717, 1.165) is 19.3 Å². The number of alkyl halides is 2. The van der Waals surface area contributed by atoms with Gasteiger partial charge in [0.25, 0.3) is 0 Å². The molecular weight excluding hydrogens is 195 g/mol. The Balaban J connectivity index is 3.38. The second-order valence-corrected chi connectivity index (χ2v) is 3.79. The first-order valence-corrected chi connectivity index (χ1v) is 4.92. The highest BCUT2D eigenvalue weighted by molar-refractivity contribution is 9.09. The van der Waals surface area contributed by atoms with Gasteiger partial charge in [0.15, 0.2) is 0 Å². The van der Waals surface area contributed by atoms with Crippen molar-refractivity contribution >= 4 is 15.9 Å². The van der Waals surface area contributed by atoms with Gasteiger partial charge >= 0.3 is 0 Å². The lowest BCUT2D eigenvalue weighted by Crippen LogP contribution is -2.14. The molecule has 0 fully saturated rings. The van der Waals surface area contributed by atoms with E-state index in [1.165, 1.54) is 0 Å². The van der Waals surface area contributed by atoms with Crippen molar-refractivity contribution in [2.45, 2.75) is 50.5 Å². The highest BCUT2D eigenvalue weighted by Gasteiger charge is 2.14. The molecule has 0 aromatic carbocycles. The summed E-state index contributed by atoms with van der Waals surface area (Å²) in [4.78, 5) is 0.0810. The van der Waals surface area contributed by atoms with Gasteiger partial charge in [0, 0.05) is 4.83 Å². The molecule has 0 saturated carbocycles. The molecule has 0 nitrogen and oxygen atoms in total. The molecule has 0 rings (SSSR count). The van der Waals surface area contributed by atoms with Crippen molar-refractivity contribution in [2.75, 3.05) is 0 Å². The fourth-order valence-corrected chi connectivity index (χ4v) is 1.64. The third kappa shape index (κ3) is 4.26. The van der Waals surface area contributed by atoms with Gasteiger partial charge in [-0.3, -0.25) is 0 Å². The maximum Gasteiger partial charge on any atom is 0.113 e. The SMILES string of the molecule is CCC[C@@H](Br)[C@@H](F)CCC. The first kappa shape index (κ1) is 10.4. The number of hydrogen-bond donors (Lipinski definition) is 0. The molecule has 0 aliphatic carbocycles. The van der Waals surface area contributed by atoms with Crippen molar-refractivity contribution in [1.82, 2.24) is 0 Å². The van der Waals surface area contributed by atoms with Gasteiger partial charge in [-0.2, -0.15) is 0 Å². The Morgan fingerprint density at radius 3 is 2.10 bits per heavy atom. The lowest BCUT2D eigenvalue weighted by atomic mass is 10.1. The molecule has 0 bridgehead atoms. The average molecular weight is 211 g/mol. The molecule has 0 aliphatic rings. The lowest BCUT2D eigenvalue weighted by molar-refractivity contribution is 0.299. The molecule has 0 aromatic heterocycles. The normalized spacial score (nSPS) is 16.8. The topological polar surface area (TPSA) is 0 Å². The van der Waals surface area contributed by atoms with Crippen molar-refractivity contribution in [3.05, 3.63) is 0 Å². The van der Waals surface area contributed by atoms with E-state index in [0.29, 0.717) is 6.42 Å². The molecule has 0 spiro atoms. The van der Waals surface area contributed by atoms with E-state index in [2.05, 4.69) is 22.9 Å². The van der Waals surface area contributed by atoms with Crippen molar-refractivity contribution in [3.8, 4) is 0 Å². The molecule has 2 atom stereocenters. The van der Waals surface area contributed by atoms with E-state index in [4.69, 9.17) is 0 Å². The van der Waals surface area contributed by atoms with Crippen LogP contribution in [0.1, 0.15) is 39.5 Å². The number of halogens is 2. The third-order valence-corrected chi connectivity index (χ3v) is 2.55. The molecule has 0 saturated heterocycles. The zero-order chi connectivity index (χ0) is 7.98. The highest BCUT2D eigenvalue weighted by Crippen LogP contribution is 2.18. The summed E-state index contributed by atoms with van der Waals surface area (Å²) in [5.41, 5.74) is 0. The zero-order valence-corrected chi connectivity index (χ0v) is 8.33. The Labute approximate surface area is 71.3 Å². The van der Waals surface area contributed by atoms with Gasteiger partial charge in [0.2, 0.25) is 0 Å². The fraction of sp³-hybridized carbons (Fsp3) is 1.00. The molecule has 2 heteroatoms. The maximum atomic E-state index is 12.9. The van der Waals surface area contributed by atoms with Crippen LogP contribution in [0.25, 0.3) is 0 Å². The van der Waals surface area contributed by atoms with E-state index in [-0.39, 0.29) is 4.83 Å². The van der Waals surface area contributed by atoms with Crippen molar-refractivity contribution < 1.29 is 4.39 Å². The smallest absolute Gasteiger partial charge is 0.113 e. The summed E-state index contributed by atoms with van der Waals surface area (Å²) < 4.78 is 12.9. The van der Waals surface area contributed by atoms with Crippen molar-refractivity contribution in [3.63, 3.8) is 0 Å². The van der Waals surface area contributed by atoms with Crippen LogP contribution in [0.2, 0.25) is 0 Å². The van der Waals surface area contributed by atoms with Gasteiger partial charge in [-0.05, 0) is 12.8 Å². The first-order chi connectivity index (χ1) is 4.72. The van der Waals surface area contributed by atoms with Gasteiger partial charge in [-0.15, -0.1) is 0 Å². The van der Waals surface area contributed by atoms with Crippen LogP contribution in [0.3, 0.4) is 0 Å². The van der Waals surface area contributed by atoms with Crippen LogP contribution in [0.5, 0.6) is 0 Å². The summed E-state index contributed by atoms with van der Waals surface area (Å²) in [6.45, 7) is 4.09. The van der Waals surface area contributed by atoms with Crippen LogP contribution in [0, 0.1) is 0 Å². The van der Waals surface area contributed by atoms with Crippen LogP contribution in [-0.4, -0.2) is 11.0 Å². The molecule has 62 valence electrons. The van der Waals surface area contributed by atoms with Crippen LogP contribution in [-0.2, 0) is 0 Å². The van der Waals surface area contributed by atoms with E-state index in [1.807, 2.05) is 6.92 Å². The molecule has 0 aromatic rings. The van der Waals surface area contributed by atoms with Crippen LogP contribution < -0.4 is 0 Å². The van der Waals surface area contributed by atoms with Crippen LogP contribution in [0.4, 0.5) is 4.39 Å². The minimum absolute atomic E-state index is 0.0810. The largest absolute Gasteiger partial charge is 0.246 e. The lowest BCUT2D eigenvalue weighted by Gasteiger charge is -2.12. The Hall–Kier alpha value is 0.410. The molecular formula is C8H16BrF. The molecule has 0 N–H and O–H groups in total. The minimum Gasteiger partial charge on any atom is -0.246 e. The minimum atomic E-state index is -0.648. The van der Waals surface area contributed by atoms with E-state index in [1.54, 1.807) is 0 Å². The van der Waals surface area contributed by atoms with Crippen LogP contribution >= 0.6 is 15.9 Å². The second kappa shape index (κ2) is 6.14. The van der Waals surface area contributed by atoms with Gasteiger partial charge < -0.3 is 0 Å². The van der Waals surface area contributed by atoms with Crippen molar-refractivity contribution in [1.29, 1.82) is 0 Å². The number of hydrogen-bond acceptors (Lipinski definition) is 0. The van der Waals surface area contributed by atoms with E-state index >= 15 is 0 Å². The molecule has 0 unspecified atom stereocenters. The summed E-state index contributed by atoms with van der Waals surface area (Å²) in [6.07, 6.45) is 2.98. The zero-order valence-electron chi connectivity index (χ0n) is 6.74. The molecule has 0 radical (unpaired) electrons. The van der Waals surface area contributed by atoms with Crippen molar-refractivity contribution in [2.24, 2.45) is 0 Å². The van der Waals surface area contributed by atoms with E-state index < -0.39 is 6.17 Å².